The monoisotopic (exact) mass is 738 g/mol. The standard InChI is InChI=1S/2C18H28FNO4Si/c2*1-18(2,3)25(4,5)24-15-8-6-7-14(12-15)23-17-11-13(19)9-10-16(17)20(21)22/h2*9-11,14-15H,6-8,12H2,1-5H3/t14-,15+;14-,15-/m11/s1. The average Bonchev–Trinajstić information content (AvgIpc) is 2.96. The minimum Gasteiger partial charge on any atom is -0.483 e. The fourth-order valence-corrected chi connectivity index (χ4v) is 8.45. The molecular weight excluding hydrogens is 683 g/mol. The van der Waals surface area contributed by atoms with Crippen LogP contribution in [0.2, 0.25) is 36.3 Å². The molecule has 0 aromatic heterocycles. The molecule has 0 N–H and O–H groups in total. The Kier molecular flexibility index (Phi) is 13.8. The van der Waals surface area contributed by atoms with Gasteiger partial charge in [0.1, 0.15) is 23.8 Å². The van der Waals surface area contributed by atoms with Crippen LogP contribution in [-0.2, 0) is 8.85 Å². The predicted octanol–water partition coefficient (Wildman–Crippen LogP) is 10.9. The van der Waals surface area contributed by atoms with Gasteiger partial charge in [-0.1, -0.05) is 41.5 Å². The molecule has 0 radical (unpaired) electrons. The third-order valence-electron chi connectivity index (χ3n) is 10.5. The molecule has 4 rings (SSSR count). The molecule has 2 aliphatic rings. The number of nitrogens with zero attached hydrogens (tertiary/aromatic N) is 2. The zero-order valence-corrected chi connectivity index (χ0v) is 33.3. The van der Waals surface area contributed by atoms with Crippen LogP contribution in [0, 0.1) is 31.9 Å². The maximum atomic E-state index is 13.5. The number of nitro benzene ring substituents is 2. The first-order chi connectivity index (χ1) is 23.0. The molecule has 4 atom stereocenters. The molecule has 0 aliphatic heterocycles. The zero-order valence-electron chi connectivity index (χ0n) is 31.3. The van der Waals surface area contributed by atoms with Crippen molar-refractivity contribution >= 4 is 28.0 Å². The van der Waals surface area contributed by atoms with E-state index in [0.29, 0.717) is 12.8 Å². The second kappa shape index (κ2) is 16.6. The molecule has 14 heteroatoms. The summed E-state index contributed by atoms with van der Waals surface area (Å²) in [4.78, 5) is 21.2. The van der Waals surface area contributed by atoms with Crippen molar-refractivity contribution in [1.29, 1.82) is 0 Å². The van der Waals surface area contributed by atoms with Crippen LogP contribution >= 0.6 is 0 Å². The highest BCUT2D eigenvalue weighted by Gasteiger charge is 2.41. The summed E-state index contributed by atoms with van der Waals surface area (Å²) in [6, 6.07) is 6.64. The summed E-state index contributed by atoms with van der Waals surface area (Å²) in [5.41, 5.74) is -0.400. The second-order valence-corrected chi connectivity index (χ2v) is 26.1. The van der Waals surface area contributed by atoms with E-state index >= 15 is 0 Å². The molecule has 0 spiro atoms. The van der Waals surface area contributed by atoms with Crippen LogP contribution in [-0.4, -0.2) is 50.9 Å². The summed E-state index contributed by atoms with van der Waals surface area (Å²) >= 11 is 0. The molecule has 10 nitrogen and oxygen atoms in total. The Labute approximate surface area is 297 Å². The topological polar surface area (TPSA) is 123 Å². The highest BCUT2D eigenvalue weighted by molar-refractivity contribution is 6.74. The van der Waals surface area contributed by atoms with Gasteiger partial charge in [0, 0.05) is 49.3 Å². The highest BCUT2D eigenvalue weighted by Crippen LogP contribution is 2.41. The Balaban J connectivity index is 0.000000270. The molecule has 2 saturated carbocycles. The van der Waals surface area contributed by atoms with Crippen molar-refractivity contribution in [3.8, 4) is 11.5 Å². The number of hydrogen-bond donors (Lipinski definition) is 0. The largest absolute Gasteiger partial charge is 0.483 e. The quantitative estimate of drug-likeness (QED) is 0.134. The SMILES string of the molecule is CC(C)(C)[Si](C)(C)O[C@@H]1CCC[C@@H](Oc2cc(F)ccc2[N+](=O)[O-])C1.CC(C)(C)[Si](C)(C)O[C@H]1CCC[C@@H](Oc2cc(F)ccc2[N+](=O)[O-])C1. The molecule has 0 heterocycles. The van der Waals surface area contributed by atoms with E-state index in [2.05, 4.69) is 67.7 Å². The molecular formula is C36H56F2N2O8Si2. The number of rotatable bonds is 10. The molecule has 2 aromatic rings. The Morgan fingerprint density at radius 3 is 1.24 bits per heavy atom. The van der Waals surface area contributed by atoms with Crippen LogP contribution in [0.15, 0.2) is 36.4 Å². The third kappa shape index (κ3) is 11.5. The normalized spacial score (nSPS) is 21.8. The first-order valence-electron chi connectivity index (χ1n) is 17.6. The predicted molar refractivity (Wildman–Crippen MR) is 196 cm³/mol. The molecule has 280 valence electrons. The van der Waals surface area contributed by atoms with Gasteiger partial charge in [0.05, 0.1) is 9.85 Å². The van der Waals surface area contributed by atoms with Gasteiger partial charge in [0.15, 0.2) is 28.1 Å². The van der Waals surface area contributed by atoms with E-state index in [1.54, 1.807) is 0 Å². The summed E-state index contributed by atoms with van der Waals surface area (Å²) in [7, 11) is -3.75. The van der Waals surface area contributed by atoms with E-state index in [-0.39, 0.29) is 57.4 Å². The zero-order chi connectivity index (χ0) is 37.7. The van der Waals surface area contributed by atoms with Gasteiger partial charge in [-0.25, -0.2) is 8.78 Å². The lowest BCUT2D eigenvalue weighted by Crippen LogP contribution is -2.45. The summed E-state index contributed by atoms with van der Waals surface area (Å²) in [5, 5.41) is 22.5. The third-order valence-corrected chi connectivity index (χ3v) is 19.6. The molecule has 50 heavy (non-hydrogen) atoms. The Morgan fingerprint density at radius 1 is 0.620 bits per heavy atom. The van der Waals surface area contributed by atoms with E-state index < -0.39 is 38.1 Å². The molecule has 0 unspecified atom stereocenters. The molecule has 2 fully saturated rings. The van der Waals surface area contributed by atoms with E-state index in [4.69, 9.17) is 18.3 Å². The number of hydrogen-bond acceptors (Lipinski definition) is 8. The van der Waals surface area contributed by atoms with E-state index in [0.717, 1.165) is 74.9 Å². The van der Waals surface area contributed by atoms with Gasteiger partial charge >= 0.3 is 11.4 Å². The van der Waals surface area contributed by atoms with Gasteiger partial charge in [-0.05, 0) is 86.9 Å². The summed E-state index contributed by atoms with van der Waals surface area (Å²) in [5.74, 6) is -1.07. The van der Waals surface area contributed by atoms with Crippen LogP contribution in [0.3, 0.4) is 0 Å². The smallest absolute Gasteiger partial charge is 0.311 e. The Hall–Kier alpha value is -2.95. The van der Waals surface area contributed by atoms with Crippen molar-refractivity contribution in [1.82, 2.24) is 0 Å². The lowest BCUT2D eigenvalue weighted by Gasteiger charge is -2.41. The number of benzene rings is 2. The maximum Gasteiger partial charge on any atom is 0.311 e. The van der Waals surface area contributed by atoms with Crippen molar-refractivity contribution in [2.24, 2.45) is 0 Å². The number of nitro groups is 2. The maximum absolute atomic E-state index is 13.5. The van der Waals surface area contributed by atoms with Crippen molar-refractivity contribution in [3.05, 3.63) is 68.3 Å². The van der Waals surface area contributed by atoms with Gasteiger partial charge in [-0.3, -0.25) is 20.2 Å². The summed E-state index contributed by atoms with van der Waals surface area (Å²) < 4.78 is 51.5. The lowest BCUT2D eigenvalue weighted by molar-refractivity contribution is -0.386. The van der Waals surface area contributed by atoms with Crippen molar-refractivity contribution in [2.45, 2.75) is 154 Å². The van der Waals surface area contributed by atoms with Gasteiger partial charge in [-0.15, -0.1) is 0 Å². The minimum atomic E-state index is -1.88. The van der Waals surface area contributed by atoms with E-state index in [1.807, 2.05) is 0 Å². The van der Waals surface area contributed by atoms with Crippen LogP contribution in [0.5, 0.6) is 11.5 Å². The van der Waals surface area contributed by atoms with Gasteiger partial charge in [-0.2, -0.15) is 0 Å². The van der Waals surface area contributed by atoms with Crippen LogP contribution in [0.25, 0.3) is 0 Å². The minimum absolute atomic E-state index is 0.00276. The van der Waals surface area contributed by atoms with Crippen molar-refractivity contribution in [2.75, 3.05) is 0 Å². The second-order valence-electron chi connectivity index (χ2n) is 16.6. The molecule has 2 aliphatic carbocycles. The van der Waals surface area contributed by atoms with Gasteiger partial charge < -0.3 is 18.3 Å². The number of ether oxygens (including phenoxy) is 2. The average molecular weight is 739 g/mol. The van der Waals surface area contributed by atoms with E-state index in [9.17, 15) is 29.0 Å². The fourth-order valence-electron chi connectivity index (χ4n) is 5.64. The summed E-state index contributed by atoms with van der Waals surface area (Å²) in [6.45, 7) is 22.1. The summed E-state index contributed by atoms with van der Waals surface area (Å²) in [6.07, 6.45) is 6.57. The number of halogens is 2. The van der Waals surface area contributed by atoms with Crippen LogP contribution in [0.1, 0.15) is 92.9 Å². The molecule has 0 amide bonds. The Morgan fingerprint density at radius 2 is 0.940 bits per heavy atom. The first kappa shape index (κ1) is 41.5. The van der Waals surface area contributed by atoms with Crippen LogP contribution in [0.4, 0.5) is 20.2 Å². The highest BCUT2D eigenvalue weighted by atomic mass is 28.4. The van der Waals surface area contributed by atoms with Crippen molar-refractivity contribution < 1.29 is 37.0 Å². The molecule has 0 saturated heterocycles. The lowest BCUT2D eigenvalue weighted by atomic mass is 9.95. The molecule has 0 bridgehead atoms. The van der Waals surface area contributed by atoms with Gasteiger partial charge in [0.25, 0.3) is 0 Å². The van der Waals surface area contributed by atoms with Gasteiger partial charge in [0.2, 0.25) is 0 Å². The first-order valence-corrected chi connectivity index (χ1v) is 23.4. The Bertz CT molecular complexity index is 1370. The molecule has 2 aromatic carbocycles. The van der Waals surface area contributed by atoms with E-state index in [1.165, 1.54) is 0 Å². The van der Waals surface area contributed by atoms with Crippen LogP contribution < -0.4 is 9.47 Å². The fraction of sp³-hybridized carbons (Fsp3) is 0.667. The van der Waals surface area contributed by atoms with Crippen molar-refractivity contribution in [3.63, 3.8) is 0 Å².